The van der Waals surface area contributed by atoms with Crippen LogP contribution in [-0.4, -0.2) is 113 Å². The highest BCUT2D eigenvalue weighted by atomic mass is 16.7. The Bertz CT molecular complexity index is 952. The van der Waals surface area contributed by atoms with Gasteiger partial charge >= 0.3 is 5.97 Å². The van der Waals surface area contributed by atoms with E-state index in [9.17, 15) is 34.8 Å². The van der Waals surface area contributed by atoms with Crippen molar-refractivity contribution in [2.75, 3.05) is 20.7 Å². The predicted octanol–water partition coefficient (Wildman–Crippen LogP) is 1.40. The number of carbonyl (C=O) groups is 3. The van der Waals surface area contributed by atoms with E-state index >= 15 is 0 Å². The van der Waals surface area contributed by atoms with Gasteiger partial charge in [-0.2, -0.15) is 0 Å². The molecule has 11 nitrogen and oxygen atoms in total. The summed E-state index contributed by atoms with van der Waals surface area (Å²) in [5.74, 6) is -3.16. The van der Waals surface area contributed by atoms with Crippen molar-refractivity contribution in [3.63, 3.8) is 0 Å². The van der Waals surface area contributed by atoms with Gasteiger partial charge < -0.3 is 44.3 Å². The Morgan fingerprint density at radius 1 is 1.10 bits per heavy atom. The second-order valence-corrected chi connectivity index (χ2v) is 12.1. The Morgan fingerprint density at radius 3 is 2.33 bits per heavy atom. The lowest BCUT2D eigenvalue weighted by Gasteiger charge is -2.46. The molecule has 12 atom stereocenters. The molecule has 2 heterocycles. The highest BCUT2D eigenvalue weighted by Gasteiger charge is 2.47. The van der Waals surface area contributed by atoms with Crippen LogP contribution >= 0.6 is 0 Å². The number of allylic oxidation sites excluding steroid dienone is 3. The third-order valence-electron chi connectivity index (χ3n) is 8.56. The molecule has 2 aliphatic heterocycles. The van der Waals surface area contributed by atoms with Crippen LogP contribution in [0.15, 0.2) is 23.8 Å². The molecule has 1 fully saturated rings. The number of rotatable bonds is 7. The van der Waals surface area contributed by atoms with Crippen molar-refractivity contribution >= 4 is 18.0 Å². The first-order chi connectivity index (χ1) is 19.7. The summed E-state index contributed by atoms with van der Waals surface area (Å²) in [6, 6.07) is -0.711. The zero-order valence-corrected chi connectivity index (χ0v) is 26.0. The molecule has 240 valence electrons. The highest BCUT2D eigenvalue weighted by Crippen LogP contribution is 2.34. The predicted molar refractivity (Wildman–Crippen MR) is 155 cm³/mol. The number of aldehydes is 1. The lowest BCUT2D eigenvalue weighted by Crippen LogP contribution is -2.63. The molecule has 4 N–H and O–H groups in total. The molecule has 0 aromatic heterocycles. The molecule has 0 aromatic rings. The number of cyclic esters (lactones) is 1. The number of carbonyl (C=O) groups excluding carboxylic acids is 3. The van der Waals surface area contributed by atoms with Crippen molar-refractivity contribution in [1.82, 2.24) is 4.90 Å². The minimum atomic E-state index is -1.27. The standard InChI is InChI=1S/C31H51NO10/c1-8-25-22(16-34)13-17(2)9-10-23(35)18(3)14-21(11-12-33)30(19(4)24(36)15-26(37)41-25)42-31-29(39)27(32(6)7)28(38)20(5)40-31/h9-10,12-13,18-22,24-25,27-31,34,36,38-39H,8,11,14-16H2,1-7H3/b10-9+,17-13+/t18-,19+,20?,21+,22-,24-,25?,27?,28-,29?,30-,31+/m1/s1. The number of hydrogen-bond acceptors (Lipinski definition) is 11. The van der Waals surface area contributed by atoms with Crippen LogP contribution < -0.4 is 0 Å². The summed E-state index contributed by atoms with van der Waals surface area (Å²) in [6.45, 7) is 8.42. The van der Waals surface area contributed by atoms with Crippen molar-refractivity contribution < 1.29 is 49.0 Å². The van der Waals surface area contributed by atoms with E-state index in [0.717, 1.165) is 6.29 Å². The first kappa shape index (κ1) is 36.2. The van der Waals surface area contributed by atoms with Gasteiger partial charge in [-0.1, -0.05) is 38.5 Å². The topological polar surface area (TPSA) is 163 Å². The van der Waals surface area contributed by atoms with E-state index in [1.165, 1.54) is 6.08 Å². The maximum absolute atomic E-state index is 13.1. The second-order valence-electron chi connectivity index (χ2n) is 12.1. The maximum atomic E-state index is 13.1. The molecule has 11 heteroatoms. The van der Waals surface area contributed by atoms with Crippen LogP contribution in [-0.2, 0) is 28.6 Å². The second kappa shape index (κ2) is 16.7. The van der Waals surface area contributed by atoms with Gasteiger partial charge in [0.1, 0.15) is 18.5 Å². The average Bonchev–Trinajstić information content (AvgIpc) is 2.93. The summed E-state index contributed by atoms with van der Waals surface area (Å²) in [7, 11) is 3.43. The lowest BCUT2D eigenvalue weighted by atomic mass is 9.79. The van der Waals surface area contributed by atoms with E-state index in [2.05, 4.69) is 0 Å². The van der Waals surface area contributed by atoms with Gasteiger partial charge in [0.15, 0.2) is 12.1 Å². The molecule has 0 spiro atoms. The monoisotopic (exact) mass is 597 g/mol. The third-order valence-corrected chi connectivity index (χ3v) is 8.56. The van der Waals surface area contributed by atoms with E-state index in [4.69, 9.17) is 14.2 Å². The summed E-state index contributed by atoms with van der Waals surface area (Å²) in [6.07, 6.45) is -1.12. The largest absolute Gasteiger partial charge is 0.462 e. The fourth-order valence-corrected chi connectivity index (χ4v) is 5.93. The highest BCUT2D eigenvalue weighted by molar-refractivity contribution is 5.91. The van der Waals surface area contributed by atoms with E-state index in [1.807, 2.05) is 6.92 Å². The van der Waals surface area contributed by atoms with Gasteiger partial charge in [0, 0.05) is 24.2 Å². The molecule has 0 aliphatic carbocycles. The minimum absolute atomic E-state index is 0.000625. The maximum Gasteiger partial charge on any atom is 0.308 e. The number of aliphatic hydroxyl groups excluding tert-OH is 4. The normalized spacial score (nSPS) is 41.6. The van der Waals surface area contributed by atoms with Crippen molar-refractivity contribution in [3.05, 3.63) is 23.8 Å². The number of nitrogens with zero attached hydrogens (tertiary/aromatic N) is 1. The summed E-state index contributed by atoms with van der Waals surface area (Å²) >= 11 is 0. The number of aliphatic hydroxyl groups is 4. The van der Waals surface area contributed by atoms with Crippen LogP contribution in [0.4, 0.5) is 0 Å². The molecule has 0 amide bonds. The first-order valence-corrected chi connectivity index (χ1v) is 14.9. The fourth-order valence-electron chi connectivity index (χ4n) is 5.93. The van der Waals surface area contributed by atoms with Gasteiger partial charge in [-0.3, -0.25) is 9.59 Å². The molecular weight excluding hydrogens is 546 g/mol. The van der Waals surface area contributed by atoms with Crippen LogP contribution in [0.25, 0.3) is 0 Å². The number of esters is 1. The van der Waals surface area contributed by atoms with E-state index in [0.29, 0.717) is 12.0 Å². The minimum Gasteiger partial charge on any atom is -0.462 e. The van der Waals surface area contributed by atoms with Crippen molar-refractivity contribution in [1.29, 1.82) is 0 Å². The molecule has 2 aliphatic rings. The molecule has 0 radical (unpaired) electrons. The fraction of sp³-hybridized carbons (Fsp3) is 0.774. The molecule has 42 heavy (non-hydrogen) atoms. The summed E-state index contributed by atoms with van der Waals surface area (Å²) in [5, 5.41) is 43.0. The van der Waals surface area contributed by atoms with Crippen LogP contribution in [0.1, 0.15) is 60.3 Å². The van der Waals surface area contributed by atoms with Gasteiger partial charge in [0.2, 0.25) is 0 Å². The van der Waals surface area contributed by atoms with Gasteiger partial charge in [0.25, 0.3) is 0 Å². The molecule has 0 saturated carbocycles. The molecule has 2 rings (SSSR count). The summed E-state index contributed by atoms with van der Waals surface area (Å²) < 4.78 is 17.9. The van der Waals surface area contributed by atoms with Crippen LogP contribution in [0, 0.1) is 23.7 Å². The van der Waals surface area contributed by atoms with Crippen molar-refractivity contribution in [2.45, 2.75) is 109 Å². The van der Waals surface area contributed by atoms with Gasteiger partial charge in [0.05, 0.1) is 43.5 Å². The Hall–Kier alpha value is -1.99. The summed E-state index contributed by atoms with van der Waals surface area (Å²) in [4.78, 5) is 39.6. The average molecular weight is 598 g/mol. The molecule has 4 unspecified atom stereocenters. The zero-order chi connectivity index (χ0) is 31.7. The van der Waals surface area contributed by atoms with Crippen LogP contribution in [0.2, 0.25) is 0 Å². The van der Waals surface area contributed by atoms with E-state index < -0.39 is 78.6 Å². The lowest BCUT2D eigenvalue weighted by molar-refractivity contribution is -0.304. The Labute approximate surface area is 249 Å². The molecule has 0 aromatic carbocycles. The van der Waals surface area contributed by atoms with Gasteiger partial charge in [-0.25, -0.2) is 0 Å². The van der Waals surface area contributed by atoms with Crippen LogP contribution in [0.5, 0.6) is 0 Å². The Balaban J connectivity index is 2.52. The Kier molecular flexibility index (Phi) is 14.4. The van der Waals surface area contributed by atoms with Crippen molar-refractivity contribution in [3.8, 4) is 0 Å². The molecule has 0 bridgehead atoms. The molecule has 1 saturated heterocycles. The zero-order valence-electron chi connectivity index (χ0n) is 26.0. The van der Waals surface area contributed by atoms with Crippen LogP contribution in [0.3, 0.4) is 0 Å². The molecular formula is C31H51NO10. The first-order valence-electron chi connectivity index (χ1n) is 14.9. The third kappa shape index (κ3) is 9.51. The smallest absolute Gasteiger partial charge is 0.308 e. The van der Waals surface area contributed by atoms with E-state index in [-0.39, 0.29) is 31.7 Å². The number of ether oxygens (including phenoxy) is 3. The summed E-state index contributed by atoms with van der Waals surface area (Å²) in [5.41, 5.74) is 0.714. The van der Waals surface area contributed by atoms with Gasteiger partial charge in [-0.15, -0.1) is 0 Å². The number of hydrogen-bond donors (Lipinski definition) is 4. The Morgan fingerprint density at radius 2 is 1.76 bits per heavy atom. The quantitative estimate of drug-likeness (QED) is 0.248. The van der Waals surface area contributed by atoms with Crippen molar-refractivity contribution in [2.24, 2.45) is 23.7 Å². The number of likely N-dealkylation sites (N-methyl/N-ethyl adjacent to an activating group) is 1. The van der Waals surface area contributed by atoms with E-state index in [1.54, 1.807) is 58.8 Å². The van der Waals surface area contributed by atoms with Gasteiger partial charge in [-0.05, 0) is 52.8 Å². The SMILES string of the molecule is CCC1OC(=O)C[C@@H](O)[C@H](C)[C@@H](O[C@@H]2OC(C)[C@@H](O)C(N(C)C)C2O)[C@@H](CC=O)C[C@@H](C)C(=O)/C=C/C(C)=C/[C@@H]1CO. The number of ketones is 1.